The summed E-state index contributed by atoms with van der Waals surface area (Å²) >= 11 is 0. The van der Waals surface area contributed by atoms with Crippen LogP contribution in [0.3, 0.4) is 0 Å². The number of aromatic nitrogens is 2. The van der Waals surface area contributed by atoms with E-state index in [0.717, 1.165) is 0 Å². The van der Waals surface area contributed by atoms with Gasteiger partial charge in [-0.05, 0) is 0 Å². The van der Waals surface area contributed by atoms with E-state index in [4.69, 9.17) is 5.11 Å². The number of carbonyl (C=O) groups is 1. The minimum absolute atomic E-state index is 0.254. The highest BCUT2D eigenvalue weighted by atomic mass is 16.5. The molecule has 14 heavy (non-hydrogen) atoms. The summed E-state index contributed by atoms with van der Waals surface area (Å²) in [6, 6.07) is 0. The molecule has 1 N–H and O–H groups in total. The van der Waals surface area contributed by atoms with Crippen molar-refractivity contribution in [1.29, 1.82) is 0 Å². The van der Waals surface area contributed by atoms with Gasteiger partial charge in [0.05, 0.1) is 18.9 Å². The molecule has 0 bridgehead atoms. The number of hydrogen-bond donors (Lipinski definition) is 1. The lowest BCUT2D eigenvalue weighted by Crippen LogP contribution is -2.09. The molecule has 0 atom stereocenters. The lowest BCUT2D eigenvalue weighted by atomic mass is 10.2. The van der Waals surface area contributed by atoms with E-state index in [-0.39, 0.29) is 12.3 Å². The maximum absolute atomic E-state index is 11.3. The van der Waals surface area contributed by atoms with Crippen molar-refractivity contribution in [3.63, 3.8) is 0 Å². The van der Waals surface area contributed by atoms with Crippen LogP contribution < -0.4 is 0 Å². The molecule has 74 valence electrons. The van der Waals surface area contributed by atoms with Crippen molar-refractivity contribution in [3.8, 4) is 11.8 Å². The summed E-state index contributed by atoms with van der Waals surface area (Å²) in [7, 11) is 2.91. The molecular formula is C9H10N2O3. The average Bonchev–Trinajstić information content (AvgIpc) is 2.55. The van der Waals surface area contributed by atoms with Crippen LogP contribution in [0.4, 0.5) is 0 Å². The van der Waals surface area contributed by atoms with Crippen LogP contribution in [0.5, 0.6) is 0 Å². The molecule has 1 aromatic heterocycles. The molecule has 0 aromatic carbocycles. The molecule has 0 amide bonds. The second-order valence-electron chi connectivity index (χ2n) is 2.48. The van der Waals surface area contributed by atoms with Crippen LogP contribution in [-0.4, -0.2) is 34.6 Å². The van der Waals surface area contributed by atoms with Crippen molar-refractivity contribution < 1.29 is 14.6 Å². The Labute approximate surface area is 81.3 Å². The van der Waals surface area contributed by atoms with Gasteiger partial charge in [-0.3, -0.25) is 4.68 Å². The molecule has 0 radical (unpaired) electrons. The number of aliphatic hydroxyl groups is 1. The molecule has 0 fully saturated rings. The Morgan fingerprint density at radius 1 is 1.79 bits per heavy atom. The van der Waals surface area contributed by atoms with Crippen LogP contribution in [0.25, 0.3) is 0 Å². The second-order valence-corrected chi connectivity index (χ2v) is 2.48. The molecule has 1 rings (SSSR count). The monoisotopic (exact) mass is 194 g/mol. The Morgan fingerprint density at radius 3 is 3.07 bits per heavy atom. The highest BCUT2D eigenvalue weighted by Crippen LogP contribution is 2.06. The minimum atomic E-state index is -0.493. The molecule has 0 unspecified atom stereocenters. The van der Waals surface area contributed by atoms with Gasteiger partial charge in [0, 0.05) is 7.05 Å². The fourth-order valence-electron chi connectivity index (χ4n) is 1.00. The molecule has 1 heterocycles. The fraction of sp³-hybridized carbons (Fsp3) is 0.333. The number of rotatable bonds is 1. The average molecular weight is 194 g/mol. The van der Waals surface area contributed by atoms with E-state index in [2.05, 4.69) is 21.7 Å². The van der Waals surface area contributed by atoms with E-state index in [1.54, 1.807) is 7.05 Å². The molecule has 0 saturated heterocycles. The van der Waals surface area contributed by atoms with Gasteiger partial charge < -0.3 is 9.84 Å². The standard InChI is InChI=1S/C9H10N2O3/c1-11-8(9(13)14-2)7(6-10-11)4-3-5-12/h6,12H,5H2,1-2H3. The third kappa shape index (κ3) is 1.92. The van der Waals surface area contributed by atoms with E-state index in [1.165, 1.54) is 18.0 Å². The zero-order valence-electron chi connectivity index (χ0n) is 7.94. The van der Waals surface area contributed by atoms with Gasteiger partial charge in [-0.15, -0.1) is 0 Å². The third-order valence-electron chi connectivity index (χ3n) is 1.62. The molecule has 0 aliphatic carbocycles. The number of ether oxygens (including phenoxy) is 1. The summed E-state index contributed by atoms with van der Waals surface area (Å²) < 4.78 is 5.95. The Morgan fingerprint density at radius 2 is 2.50 bits per heavy atom. The number of hydrogen-bond acceptors (Lipinski definition) is 4. The van der Waals surface area contributed by atoms with Crippen LogP contribution in [0.15, 0.2) is 6.20 Å². The molecular weight excluding hydrogens is 184 g/mol. The van der Waals surface area contributed by atoms with Gasteiger partial charge in [-0.25, -0.2) is 4.79 Å². The van der Waals surface area contributed by atoms with Crippen molar-refractivity contribution in [1.82, 2.24) is 9.78 Å². The summed E-state index contributed by atoms with van der Waals surface area (Å²) in [5.74, 6) is 4.56. The van der Waals surface area contributed by atoms with Crippen LogP contribution in [0.2, 0.25) is 0 Å². The fourth-order valence-corrected chi connectivity index (χ4v) is 1.00. The summed E-state index contributed by atoms with van der Waals surface area (Å²) in [5.41, 5.74) is 0.738. The Kier molecular flexibility index (Phi) is 3.26. The summed E-state index contributed by atoms with van der Waals surface area (Å²) in [6.45, 7) is -0.254. The van der Waals surface area contributed by atoms with Crippen LogP contribution >= 0.6 is 0 Å². The van der Waals surface area contributed by atoms with E-state index in [0.29, 0.717) is 5.56 Å². The topological polar surface area (TPSA) is 64.3 Å². The SMILES string of the molecule is COC(=O)c1c(C#CCO)cnn1C. The molecule has 5 nitrogen and oxygen atoms in total. The van der Waals surface area contributed by atoms with Crippen LogP contribution in [-0.2, 0) is 11.8 Å². The maximum Gasteiger partial charge on any atom is 0.357 e. The first-order valence-electron chi connectivity index (χ1n) is 3.90. The van der Waals surface area contributed by atoms with Gasteiger partial charge >= 0.3 is 5.97 Å². The van der Waals surface area contributed by atoms with Gasteiger partial charge in [0.1, 0.15) is 6.61 Å². The molecule has 0 spiro atoms. The zero-order valence-corrected chi connectivity index (χ0v) is 7.94. The number of aliphatic hydroxyl groups excluding tert-OH is 1. The predicted molar refractivity (Wildman–Crippen MR) is 48.5 cm³/mol. The van der Waals surface area contributed by atoms with Crippen LogP contribution in [0.1, 0.15) is 16.1 Å². The predicted octanol–water partition coefficient (Wildman–Crippen LogP) is -0.450. The lowest BCUT2D eigenvalue weighted by molar-refractivity contribution is 0.0588. The molecule has 5 heteroatoms. The van der Waals surface area contributed by atoms with E-state index in [9.17, 15) is 4.79 Å². The van der Waals surface area contributed by atoms with Gasteiger partial charge in [0.15, 0.2) is 5.69 Å². The highest BCUT2D eigenvalue weighted by molar-refractivity contribution is 5.90. The highest BCUT2D eigenvalue weighted by Gasteiger charge is 2.15. The second kappa shape index (κ2) is 4.44. The third-order valence-corrected chi connectivity index (χ3v) is 1.62. The zero-order chi connectivity index (χ0) is 10.6. The van der Waals surface area contributed by atoms with Crippen molar-refractivity contribution in [2.24, 2.45) is 7.05 Å². The summed E-state index contributed by atoms with van der Waals surface area (Å²) in [4.78, 5) is 11.3. The van der Waals surface area contributed by atoms with E-state index >= 15 is 0 Å². The lowest BCUT2D eigenvalue weighted by Gasteiger charge is -1.99. The first kappa shape index (κ1) is 10.3. The first-order chi connectivity index (χ1) is 6.70. The largest absolute Gasteiger partial charge is 0.464 e. The first-order valence-corrected chi connectivity index (χ1v) is 3.90. The van der Waals surface area contributed by atoms with Gasteiger partial charge in [0.2, 0.25) is 0 Å². The number of methoxy groups -OCH3 is 1. The van der Waals surface area contributed by atoms with Crippen molar-refractivity contribution in [2.75, 3.05) is 13.7 Å². The smallest absolute Gasteiger partial charge is 0.357 e. The Bertz CT molecular complexity index is 398. The maximum atomic E-state index is 11.3. The van der Waals surface area contributed by atoms with Gasteiger partial charge in [-0.2, -0.15) is 5.10 Å². The number of aryl methyl sites for hydroxylation is 1. The number of esters is 1. The Hall–Kier alpha value is -1.80. The van der Waals surface area contributed by atoms with Crippen molar-refractivity contribution in [3.05, 3.63) is 17.5 Å². The molecule has 1 aromatic rings. The molecule has 0 aliphatic rings. The van der Waals surface area contributed by atoms with Crippen LogP contribution in [0, 0.1) is 11.8 Å². The van der Waals surface area contributed by atoms with Crippen molar-refractivity contribution in [2.45, 2.75) is 0 Å². The summed E-state index contributed by atoms with van der Waals surface area (Å²) in [6.07, 6.45) is 1.45. The van der Waals surface area contributed by atoms with Gasteiger partial charge in [0.25, 0.3) is 0 Å². The number of nitrogens with zero attached hydrogens (tertiary/aromatic N) is 2. The number of carbonyl (C=O) groups excluding carboxylic acids is 1. The quantitative estimate of drug-likeness (QED) is 0.486. The van der Waals surface area contributed by atoms with E-state index < -0.39 is 5.97 Å². The van der Waals surface area contributed by atoms with Gasteiger partial charge in [-0.1, -0.05) is 11.8 Å². The minimum Gasteiger partial charge on any atom is -0.464 e. The summed E-state index contributed by atoms with van der Waals surface area (Å²) in [5, 5.41) is 12.4. The van der Waals surface area contributed by atoms with E-state index in [1.807, 2.05) is 0 Å². The van der Waals surface area contributed by atoms with Crippen molar-refractivity contribution >= 4 is 5.97 Å². The molecule has 0 saturated carbocycles. The Balaban J connectivity index is 3.12. The normalized spacial score (nSPS) is 9.07. The molecule has 0 aliphatic heterocycles.